The van der Waals surface area contributed by atoms with Crippen molar-refractivity contribution in [3.05, 3.63) is 58.1 Å². The number of tetrazole rings is 1. The Morgan fingerprint density at radius 3 is 2.50 bits per heavy atom. The van der Waals surface area contributed by atoms with E-state index < -0.39 is 6.10 Å². The molecule has 136 valence electrons. The first-order valence-corrected chi connectivity index (χ1v) is 8.73. The Kier molecular flexibility index (Phi) is 5.54. The summed E-state index contributed by atoms with van der Waals surface area (Å²) in [7, 11) is 0. The fourth-order valence-electron chi connectivity index (χ4n) is 2.60. The molecule has 3 rings (SSSR count). The third kappa shape index (κ3) is 4.20. The third-order valence-electron chi connectivity index (χ3n) is 4.22. The van der Waals surface area contributed by atoms with Crippen molar-refractivity contribution < 1.29 is 9.84 Å². The molecule has 1 N–H and O–H groups in total. The van der Waals surface area contributed by atoms with Gasteiger partial charge in [-0.15, -0.1) is 10.2 Å². The molecule has 6 nitrogen and oxygen atoms in total. The zero-order chi connectivity index (χ0) is 18.7. The van der Waals surface area contributed by atoms with Gasteiger partial charge in [0.05, 0.1) is 6.54 Å². The van der Waals surface area contributed by atoms with Gasteiger partial charge in [-0.25, -0.2) is 0 Å². The number of aliphatic hydroxyl groups excluding tert-OH is 1. The van der Waals surface area contributed by atoms with E-state index in [0.29, 0.717) is 10.8 Å². The van der Waals surface area contributed by atoms with Gasteiger partial charge < -0.3 is 9.84 Å². The van der Waals surface area contributed by atoms with Crippen LogP contribution in [0.3, 0.4) is 0 Å². The maximum Gasteiger partial charge on any atom is 0.204 e. The molecule has 26 heavy (non-hydrogen) atoms. The van der Waals surface area contributed by atoms with E-state index in [4.69, 9.17) is 16.3 Å². The number of aliphatic hydroxyl groups is 1. The smallest absolute Gasteiger partial charge is 0.204 e. The molecule has 1 atom stereocenters. The molecule has 3 aromatic rings. The highest BCUT2D eigenvalue weighted by molar-refractivity contribution is 6.30. The van der Waals surface area contributed by atoms with Crippen molar-refractivity contribution >= 4 is 11.6 Å². The number of ether oxygens (including phenoxy) is 1. The van der Waals surface area contributed by atoms with Crippen molar-refractivity contribution in [1.82, 2.24) is 20.2 Å². The second kappa shape index (κ2) is 7.85. The van der Waals surface area contributed by atoms with Gasteiger partial charge in [0.15, 0.2) is 0 Å². The van der Waals surface area contributed by atoms with Gasteiger partial charge in [-0.2, -0.15) is 4.80 Å². The van der Waals surface area contributed by atoms with Gasteiger partial charge in [-0.3, -0.25) is 0 Å². The van der Waals surface area contributed by atoms with Crippen LogP contribution in [0.2, 0.25) is 5.02 Å². The van der Waals surface area contributed by atoms with E-state index in [9.17, 15) is 5.11 Å². The van der Waals surface area contributed by atoms with Crippen molar-refractivity contribution in [2.45, 2.75) is 33.4 Å². The average molecular weight is 373 g/mol. The van der Waals surface area contributed by atoms with Gasteiger partial charge in [-0.1, -0.05) is 23.7 Å². The van der Waals surface area contributed by atoms with Gasteiger partial charge in [-0.05, 0) is 66.9 Å². The summed E-state index contributed by atoms with van der Waals surface area (Å²) in [5.74, 6) is 1.30. The summed E-state index contributed by atoms with van der Waals surface area (Å²) < 4.78 is 5.83. The zero-order valence-electron chi connectivity index (χ0n) is 15.0. The molecule has 0 bridgehead atoms. The number of nitrogens with zero attached hydrogens (tertiary/aromatic N) is 4. The van der Waals surface area contributed by atoms with Gasteiger partial charge in [0.2, 0.25) is 5.82 Å². The largest absolute Gasteiger partial charge is 0.490 e. The molecule has 0 aliphatic rings. The molecule has 0 spiro atoms. The molecule has 7 heteroatoms. The van der Waals surface area contributed by atoms with Gasteiger partial charge in [0.1, 0.15) is 18.5 Å². The topological polar surface area (TPSA) is 73.1 Å². The van der Waals surface area contributed by atoms with Crippen molar-refractivity contribution in [3.63, 3.8) is 0 Å². The predicted octanol–water partition coefficient (Wildman–Crippen LogP) is 3.36. The lowest BCUT2D eigenvalue weighted by Gasteiger charge is -2.16. The maximum atomic E-state index is 10.3. The van der Waals surface area contributed by atoms with Crippen LogP contribution in [0.15, 0.2) is 36.4 Å². The van der Waals surface area contributed by atoms with E-state index in [0.717, 1.165) is 28.0 Å². The number of hydrogen-bond donors (Lipinski definition) is 1. The highest BCUT2D eigenvalue weighted by Crippen LogP contribution is 2.25. The molecule has 0 radical (unpaired) electrons. The maximum absolute atomic E-state index is 10.3. The summed E-state index contributed by atoms with van der Waals surface area (Å²) in [6.07, 6.45) is -0.749. The molecule has 0 saturated heterocycles. The predicted molar refractivity (Wildman–Crippen MR) is 100 cm³/mol. The van der Waals surface area contributed by atoms with E-state index >= 15 is 0 Å². The Bertz CT molecular complexity index is 893. The summed E-state index contributed by atoms with van der Waals surface area (Å²) >= 11 is 5.88. The van der Waals surface area contributed by atoms with Crippen LogP contribution < -0.4 is 4.74 Å². The number of aromatic nitrogens is 4. The summed E-state index contributed by atoms with van der Waals surface area (Å²) in [6.45, 7) is 6.40. The van der Waals surface area contributed by atoms with E-state index in [1.54, 1.807) is 12.1 Å². The van der Waals surface area contributed by atoms with Crippen LogP contribution in [-0.2, 0) is 6.54 Å². The summed E-state index contributed by atoms with van der Waals surface area (Å²) in [5, 5.41) is 23.2. The SMILES string of the molecule is Cc1ccc(C)c(OCC(O)Cn2nnc(-c3ccc(Cl)cc3)n2)c1C. The molecule has 0 saturated carbocycles. The lowest BCUT2D eigenvalue weighted by molar-refractivity contribution is 0.0843. The van der Waals surface area contributed by atoms with E-state index in [1.807, 2.05) is 39.0 Å². The quantitative estimate of drug-likeness (QED) is 0.718. The molecular weight excluding hydrogens is 352 g/mol. The molecule has 0 amide bonds. The van der Waals surface area contributed by atoms with Crippen LogP contribution >= 0.6 is 11.6 Å². The lowest BCUT2D eigenvalue weighted by Crippen LogP contribution is -2.25. The molecule has 1 aromatic heterocycles. The molecule has 1 unspecified atom stereocenters. The Labute approximate surface area is 157 Å². The highest BCUT2D eigenvalue weighted by Gasteiger charge is 2.13. The fourth-order valence-corrected chi connectivity index (χ4v) is 2.73. The van der Waals surface area contributed by atoms with E-state index in [2.05, 4.69) is 21.5 Å². The van der Waals surface area contributed by atoms with Crippen LogP contribution in [0, 0.1) is 20.8 Å². The average Bonchev–Trinajstić information content (AvgIpc) is 3.07. The number of hydrogen-bond acceptors (Lipinski definition) is 5. The van der Waals surface area contributed by atoms with Crippen molar-refractivity contribution in [1.29, 1.82) is 0 Å². The Hall–Kier alpha value is -2.44. The van der Waals surface area contributed by atoms with Gasteiger partial charge in [0.25, 0.3) is 0 Å². The monoisotopic (exact) mass is 372 g/mol. The van der Waals surface area contributed by atoms with Crippen molar-refractivity contribution in [2.24, 2.45) is 0 Å². The first kappa shape index (κ1) is 18.4. The van der Waals surface area contributed by atoms with E-state index in [1.165, 1.54) is 4.80 Å². The highest BCUT2D eigenvalue weighted by atomic mass is 35.5. The van der Waals surface area contributed by atoms with Crippen LogP contribution in [0.1, 0.15) is 16.7 Å². The summed E-state index contributed by atoms with van der Waals surface area (Å²) in [5.41, 5.74) is 4.10. The minimum absolute atomic E-state index is 0.156. The summed E-state index contributed by atoms with van der Waals surface area (Å²) in [4.78, 5) is 1.37. The van der Waals surface area contributed by atoms with Gasteiger partial charge >= 0.3 is 0 Å². The van der Waals surface area contributed by atoms with Gasteiger partial charge in [0, 0.05) is 10.6 Å². The van der Waals surface area contributed by atoms with Crippen LogP contribution in [0.5, 0.6) is 5.75 Å². The van der Waals surface area contributed by atoms with Crippen LogP contribution in [-0.4, -0.2) is 38.0 Å². The number of benzene rings is 2. The molecule has 2 aromatic carbocycles. The molecule has 1 heterocycles. The number of halogens is 1. The standard InChI is InChI=1S/C19H21ClN4O2/c1-12-4-5-13(2)18(14(12)3)26-11-17(25)10-24-22-19(21-23-24)15-6-8-16(20)9-7-15/h4-9,17,25H,10-11H2,1-3H3. The first-order valence-electron chi connectivity index (χ1n) is 8.35. The minimum Gasteiger partial charge on any atom is -0.490 e. The number of aryl methyl sites for hydroxylation is 2. The first-order chi connectivity index (χ1) is 12.4. The van der Waals surface area contributed by atoms with Crippen molar-refractivity contribution in [3.8, 4) is 17.1 Å². The molecular formula is C19H21ClN4O2. The fraction of sp³-hybridized carbons (Fsp3) is 0.316. The lowest BCUT2D eigenvalue weighted by atomic mass is 10.1. The zero-order valence-corrected chi connectivity index (χ0v) is 15.7. The normalized spacial score (nSPS) is 12.2. The molecule has 0 aliphatic heterocycles. The molecule has 0 fully saturated rings. The number of rotatable bonds is 6. The second-order valence-electron chi connectivity index (χ2n) is 6.29. The molecule has 0 aliphatic carbocycles. The van der Waals surface area contributed by atoms with Crippen LogP contribution in [0.4, 0.5) is 0 Å². The van der Waals surface area contributed by atoms with Crippen molar-refractivity contribution in [2.75, 3.05) is 6.61 Å². The third-order valence-corrected chi connectivity index (χ3v) is 4.47. The Balaban J connectivity index is 1.61. The minimum atomic E-state index is -0.749. The second-order valence-corrected chi connectivity index (χ2v) is 6.73. The summed E-state index contributed by atoms with van der Waals surface area (Å²) in [6, 6.07) is 11.3. The van der Waals surface area contributed by atoms with E-state index in [-0.39, 0.29) is 13.2 Å². The van der Waals surface area contributed by atoms with Crippen LogP contribution in [0.25, 0.3) is 11.4 Å². The Morgan fingerprint density at radius 1 is 1.08 bits per heavy atom. The Morgan fingerprint density at radius 2 is 1.77 bits per heavy atom.